The molecule has 4 heterocycles. The minimum absolute atomic E-state index is 0.00412. The number of carbonyl (C=O) groups is 7. The first kappa shape index (κ1) is 68.2. The average Bonchev–Trinajstić information content (AvgIpc) is 3.23. The molecule has 2 bridgehead atoms. The van der Waals surface area contributed by atoms with Gasteiger partial charge in [0.25, 0.3) is 11.7 Å². The number of methoxy groups -OCH3 is 2. The number of Topliss-reactive ketones (excluding diaryl/α,β-unsaturated/α-hetero) is 3. The Balaban J connectivity index is 1.29. The van der Waals surface area contributed by atoms with Crippen molar-refractivity contribution in [2.75, 3.05) is 40.5 Å². The number of amides is 3. The Morgan fingerprint density at radius 2 is 1.59 bits per heavy atom. The lowest BCUT2D eigenvalue weighted by Crippen LogP contribution is -2.61. The Morgan fingerprint density at radius 3 is 2.30 bits per heavy atom. The summed E-state index contributed by atoms with van der Waals surface area (Å²) in [7, 11) is 3.05. The summed E-state index contributed by atoms with van der Waals surface area (Å²) in [5.41, 5.74) is 8.74. The highest BCUT2D eigenvalue weighted by Crippen LogP contribution is 2.37. The molecule has 15 atom stereocenters. The number of ether oxygens (including phenoxy) is 6. The summed E-state index contributed by atoms with van der Waals surface area (Å²) in [5, 5.41) is 39.8. The van der Waals surface area contributed by atoms with Gasteiger partial charge in [0.05, 0.1) is 31.5 Å². The third kappa shape index (κ3) is 20.3. The second-order valence-corrected chi connectivity index (χ2v) is 23.1. The van der Waals surface area contributed by atoms with Gasteiger partial charge in [-0.15, -0.1) is 0 Å². The first-order chi connectivity index (χ1) is 39.4. The fraction of sp³-hybridized carbons (Fsp3) is 0.689. The van der Waals surface area contributed by atoms with E-state index in [1.807, 2.05) is 44.2 Å². The molecule has 0 spiro atoms. The molecule has 4 aliphatic rings. The molecule has 2 saturated heterocycles. The van der Waals surface area contributed by atoms with Crippen molar-refractivity contribution in [3.8, 4) is 0 Å². The predicted molar refractivity (Wildman–Crippen MR) is 305 cm³/mol. The standard InChI is InChI=1S/C61H92N6O16/c1-36-15-11-10-12-16-37(2)50(78-8)31-45-20-18-41(6)61(77,83-45)57(73)58(74)67-24-14-13-17-47(67)59(75)81-51(32-48(68)38(3)28-40(5)55(71)56(72)54(70)39(4)27-36)46(62)29-43-19-21-49(52(30-43)79-9)82-60(76)63-23-26-80-25-22-53(69)66-35-44-33-64-42(7)65-34-44/h10-12,15-16,28,33-34,36,38-39,41,43,45-47,49-52,55-56,71-72,77H,13-14,17-27,29-32,35,62H2,1-9H3,(H,63,76)(H,66,69)/b12-10?,15-11+,37-16?,40-28+/t36-,38-,39?,41-,43+,45+,46-,47+,49-,50+,51+,52-,55-,56+,61-/m1/s1. The summed E-state index contributed by atoms with van der Waals surface area (Å²) in [6, 6.07) is -2.23. The maximum absolute atomic E-state index is 14.5. The summed E-state index contributed by atoms with van der Waals surface area (Å²) >= 11 is 0. The molecule has 22 nitrogen and oxygen atoms in total. The number of nitrogens with two attached hydrogens (primary N) is 1. The van der Waals surface area contributed by atoms with Crippen LogP contribution in [0.15, 0.2) is 60.0 Å². The monoisotopic (exact) mass is 1160 g/mol. The molecule has 7 N–H and O–H groups in total. The van der Waals surface area contributed by atoms with Gasteiger partial charge in [-0.1, -0.05) is 64.2 Å². The smallest absolute Gasteiger partial charge is 0.407 e. The Hall–Kier alpha value is -5.59. The van der Waals surface area contributed by atoms with Gasteiger partial charge in [-0.2, -0.15) is 0 Å². The number of allylic oxidation sites excluding steroid dienone is 6. The third-order valence-electron chi connectivity index (χ3n) is 16.5. The predicted octanol–water partition coefficient (Wildman–Crippen LogP) is 4.77. The number of aromatic nitrogens is 2. The normalized spacial score (nSPS) is 33.0. The highest BCUT2D eigenvalue weighted by atomic mass is 16.6. The molecule has 462 valence electrons. The topological polar surface area (TPSA) is 315 Å². The van der Waals surface area contributed by atoms with Gasteiger partial charge < -0.3 is 65.0 Å². The molecule has 3 aliphatic heterocycles. The molecule has 1 aliphatic carbocycles. The highest BCUT2D eigenvalue weighted by molar-refractivity contribution is 6.39. The van der Waals surface area contributed by atoms with Crippen molar-refractivity contribution in [3.05, 3.63) is 71.4 Å². The van der Waals surface area contributed by atoms with Gasteiger partial charge in [-0.3, -0.25) is 24.0 Å². The minimum Gasteiger partial charge on any atom is -0.459 e. The van der Waals surface area contributed by atoms with E-state index < -0.39 is 120 Å². The van der Waals surface area contributed by atoms with Crippen LogP contribution in [0.5, 0.6) is 0 Å². The Bertz CT molecular complexity index is 2470. The van der Waals surface area contributed by atoms with Gasteiger partial charge in [0.1, 0.15) is 42.1 Å². The van der Waals surface area contributed by atoms with E-state index in [0.29, 0.717) is 57.2 Å². The van der Waals surface area contributed by atoms with Crippen LogP contribution < -0.4 is 16.4 Å². The number of esters is 1. The zero-order valence-corrected chi connectivity index (χ0v) is 50.0. The van der Waals surface area contributed by atoms with E-state index in [1.54, 1.807) is 47.2 Å². The highest BCUT2D eigenvalue weighted by Gasteiger charge is 2.53. The second-order valence-electron chi connectivity index (χ2n) is 23.1. The molecule has 3 amide bonds. The molecular weight excluding hydrogens is 1070 g/mol. The van der Waals surface area contributed by atoms with Crippen molar-refractivity contribution in [1.82, 2.24) is 25.5 Å². The molecule has 0 aromatic carbocycles. The molecule has 22 heteroatoms. The van der Waals surface area contributed by atoms with Gasteiger partial charge in [-0.25, -0.2) is 19.6 Å². The fourth-order valence-electron chi connectivity index (χ4n) is 11.3. The van der Waals surface area contributed by atoms with Crippen LogP contribution in [0.2, 0.25) is 0 Å². The number of nitrogens with one attached hydrogen (secondary N) is 2. The van der Waals surface area contributed by atoms with Crippen LogP contribution in [0.3, 0.4) is 0 Å². The van der Waals surface area contributed by atoms with Crippen molar-refractivity contribution < 1.29 is 77.3 Å². The molecule has 0 radical (unpaired) electrons. The summed E-state index contributed by atoms with van der Waals surface area (Å²) in [5.74, 6) is -8.81. The number of alkyl carbamates (subject to hydrolysis) is 1. The number of rotatable bonds is 14. The minimum atomic E-state index is -2.50. The van der Waals surface area contributed by atoms with E-state index in [2.05, 4.69) is 20.6 Å². The Kier molecular flexibility index (Phi) is 27.3. The molecule has 83 heavy (non-hydrogen) atoms. The number of hydrogen-bond donors (Lipinski definition) is 6. The summed E-state index contributed by atoms with van der Waals surface area (Å²) < 4.78 is 35.3. The van der Waals surface area contributed by atoms with Gasteiger partial charge in [0.15, 0.2) is 5.78 Å². The molecule has 1 unspecified atom stereocenters. The van der Waals surface area contributed by atoms with Crippen LogP contribution in [0, 0.1) is 36.5 Å². The largest absolute Gasteiger partial charge is 0.459 e. The quantitative estimate of drug-likeness (QED) is 0.0632. The van der Waals surface area contributed by atoms with Crippen LogP contribution in [0.25, 0.3) is 0 Å². The first-order valence-corrected chi connectivity index (χ1v) is 29.4. The fourth-order valence-corrected chi connectivity index (χ4v) is 11.3. The first-order valence-electron chi connectivity index (χ1n) is 29.4. The van der Waals surface area contributed by atoms with Crippen molar-refractivity contribution >= 4 is 41.2 Å². The van der Waals surface area contributed by atoms with Crippen LogP contribution in [-0.4, -0.2) is 173 Å². The molecule has 1 aromatic rings. The van der Waals surface area contributed by atoms with E-state index >= 15 is 0 Å². The second kappa shape index (κ2) is 33.2. The Morgan fingerprint density at radius 1 is 0.855 bits per heavy atom. The lowest BCUT2D eigenvalue weighted by molar-refractivity contribution is -0.265. The number of cyclic esters (lactones) is 1. The number of ketones is 3. The number of aliphatic hydroxyl groups is 3. The van der Waals surface area contributed by atoms with Crippen molar-refractivity contribution in [1.29, 1.82) is 0 Å². The summed E-state index contributed by atoms with van der Waals surface area (Å²) in [6.45, 7) is 12.7. The summed E-state index contributed by atoms with van der Waals surface area (Å²) in [4.78, 5) is 105. The van der Waals surface area contributed by atoms with E-state index in [9.17, 15) is 48.9 Å². The third-order valence-corrected chi connectivity index (χ3v) is 16.5. The van der Waals surface area contributed by atoms with Gasteiger partial charge >= 0.3 is 12.1 Å². The van der Waals surface area contributed by atoms with Crippen molar-refractivity contribution in [2.45, 2.75) is 199 Å². The molecule has 1 aromatic heterocycles. The summed E-state index contributed by atoms with van der Waals surface area (Å²) in [6.07, 6.45) is 10.2. The van der Waals surface area contributed by atoms with Crippen LogP contribution >= 0.6 is 0 Å². The van der Waals surface area contributed by atoms with Crippen LogP contribution in [-0.2, 0) is 63.7 Å². The number of piperidine rings is 1. The van der Waals surface area contributed by atoms with E-state index in [1.165, 1.54) is 20.1 Å². The average molecular weight is 1170 g/mol. The molecule has 3 fully saturated rings. The maximum atomic E-state index is 14.5. The van der Waals surface area contributed by atoms with E-state index in [-0.39, 0.29) is 81.8 Å². The van der Waals surface area contributed by atoms with E-state index in [0.717, 1.165) is 16.0 Å². The number of aliphatic hydroxyl groups excluding tert-OH is 2. The lowest BCUT2D eigenvalue weighted by Gasteiger charge is -2.42. The van der Waals surface area contributed by atoms with Gasteiger partial charge in [0.2, 0.25) is 11.7 Å². The molecule has 5 rings (SSSR count). The number of fused-ring (bicyclic) bond motifs is 3. The number of nitrogens with zero attached hydrogens (tertiary/aromatic N) is 3. The van der Waals surface area contributed by atoms with Gasteiger partial charge in [-0.05, 0) is 108 Å². The zero-order chi connectivity index (χ0) is 61.0. The SMILES string of the molecule is CO[C@H]1C[C@@H]2CC[C@@H](C)[C@@](O)(O2)C(=O)C(=O)N2CCCC[C@H]2C(=O)O[C@H]([C@H](N)C[C@@H]2CC[C@@H](OC(=O)NCCOCCC(=O)NCc3cnc(C)nc3)[C@H](OC)C2)CC(=O)[C@H](C)/C=C(\C)[C@@H](O)[C@@H](O)C(=O)C(C)C[C@H](C)/C=C/C=CC=C1C. The van der Waals surface area contributed by atoms with Crippen LogP contribution in [0.1, 0.15) is 136 Å². The van der Waals surface area contributed by atoms with Crippen molar-refractivity contribution in [3.63, 3.8) is 0 Å². The van der Waals surface area contributed by atoms with Gasteiger partial charge in [0, 0.05) is 94.9 Å². The zero-order valence-electron chi connectivity index (χ0n) is 50.0. The van der Waals surface area contributed by atoms with Crippen molar-refractivity contribution in [2.24, 2.45) is 35.3 Å². The van der Waals surface area contributed by atoms with E-state index in [4.69, 9.17) is 34.2 Å². The Labute approximate surface area is 488 Å². The number of carbonyl (C=O) groups excluding carboxylic acids is 7. The van der Waals surface area contributed by atoms with Crippen LogP contribution in [0.4, 0.5) is 4.79 Å². The lowest BCUT2D eigenvalue weighted by atomic mass is 9.80. The maximum Gasteiger partial charge on any atom is 0.407 e. The molecular formula is C61H92N6O16. The molecule has 1 saturated carbocycles. The number of hydrogen-bond acceptors (Lipinski definition) is 19. The number of aryl methyl sites for hydroxylation is 1.